The fourth-order valence-corrected chi connectivity index (χ4v) is 2.09. The maximum Gasteiger partial charge on any atom is 0.178 e. The SMILES string of the molecule is CCc1nc2ncc(Cl)c(C(C)C)c2[nH]1. The number of halogens is 1. The lowest BCUT2D eigenvalue weighted by atomic mass is 10.0. The first-order valence-corrected chi connectivity index (χ1v) is 5.54. The molecule has 0 saturated heterocycles. The van der Waals surface area contributed by atoms with Gasteiger partial charge in [0.15, 0.2) is 5.65 Å². The Morgan fingerprint density at radius 2 is 2.20 bits per heavy atom. The Labute approximate surface area is 93.9 Å². The number of H-pyrrole nitrogens is 1. The van der Waals surface area contributed by atoms with Gasteiger partial charge in [0, 0.05) is 18.2 Å². The molecule has 0 unspecified atom stereocenters. The summed E-state index contributed by atoms with van der Waals surface area (Å²) < 4.78 is 0. The number of hydrogen-bond acceptors (Lipinski definition) is 2. The summed E-state index contributed by atoms with van der Waals surface area (Å²) in [5.41, 5.74) is 2.85. The highest BCUT2D eigenvalue weighted by Crippen LogP contribution is 2.29. The number of aromatic amines is 1. The Morgan fingerprint density at radius 1 is 1.47 bits per heavy atom. The lowest BCUT2D eigenvalue weighted by Gasteiger charge is -2.07. The van der Waals surface area contributed by atoms with E-state index in [1.165, 1.54) is 0 Å². The van der Waals surface area contributed by atoms with Gasteiger partial charge in [0.25, 0.3) is 0 Å². The molecule has 0 fully saturated rings. The van der Waals surface area contributed by atoms with Gasteiger partial charge in [-0.25, -0.2) is 9.97 Å². The Hall–Kier alpha value is -1.09. The van der Waals surface area contributed by atoms with Crippen LogP contribution >= 0.6 is 11.6 Å². The molecular weight excluding hydrogens is 210 g/mol. The van der Waals surface area contributed by atoms with E-state index >= 15 is 0 Å². The van der Waals surface area contributed by atoms with Gasteiger partial charge in [-0.2, -0.15) is 0 Å². The Kier molecular flexibility index (Phi) is 2.65. The molecule has 80 valence electrons. The van der Waals surface area contributed by atoms with Crippen LogP contribution in [-0.4, -0.2) is 15.0 Å². The fraction of sp³-hybridized carbons (Fsp3) is 0.455. The highest BCUT2D eigenvalue weighted by atomic mass is 35.5. The number of aryl methyl sites for hydroxylation is 1. The van der Waals surface area contributed by atoms with Crippen LogP contribution in [0.2, 0.25) is 5.02 Å². The van der Waals surface area contributed by atoms with Crippen LogP contribution in [0.3, 0.4) is 0 Å². The third kappa shape index (κ3) is 1.72. The number of imidazole rings is 1. The molecule has 0 radical (unpaired) electrons. The lowest BCUT2D eigenvalue weighted by Crippen LogP contribution is -1.92. The fourth-order valence-electron chi connectivity index (χ4n) is 1.73. The van der Waals surface area contributed by atoms with Gasteiger partial charge in [-0.1, -0.05) is 32.4 Å². The highest BCUT2D eigenvalue weighted by molar-refractivity contribution is 6.32. The second-order valence-corrected chi connectivity index (χ2v) is 4.32. The number of aromatic nitrogens is 3. The van der Waals surface area contributed by atoms with Crippen molar-refractivity contribution in [2.24, 2.45) is 0 Å². The van der Waals surface area contributed by atoms with Crippen LogP contribution in [0.25, 0.3) is 11.2 Å². The first-order valence-electron chi connectivity index (χ1n) is 5.16. The van der Waals surface area contributed by atoms with Gasteiger partial charge in [0.2, 0.25) is 0 Å². The van der Waals surface area contributed by atoms with Crippen molar-refractivity contribution in [3.05, 3.63) is 22.6 Å². The van der Waals surface area contributed by atoms with Gasteiger partial charge in [-0.3, -0.25) is 0 Å². The number of rotatable bonds is 2. The molecule has 2 aromatic heterocycles. The summed E-state index contributed by atoms with van der Waals surface area (Å²) in [4.78, 5) is 11.9. The van der Waals surface area contributed by atoms with Gasteiger partial charge >= 0.3 is 0 Å². The summed E-state index contributed by atoms with van der Waals surface area (Å²) in [5, 5.41) is 0.712. The zero-order valence-electron chi connectivity index (χ0n) is 9.13. The van der Waals surface area contributed by atoms with E-state index in [4.69, 9.17) is 11.6 Å². The smallest absolute Gasteiger partial charge is 0.178 e. The lowest BCUT2D eigenvalue weighted by molar-refractivity contribution is 0.871. The summed E-state index contributed by atoms with van der Waals surface area (Å²) in [6.45, 7) is 6.30. The molecular formula is C11H14ClN3. The number of hydrogen-bond donors (Lipinski definition) is 1. The molecule has 3 nitrogen and oxygen atoms in total. The minimum Gasteiger partial charge on any atom is -0.340 e. The number of fused-ring (bicyclic) bond motifs is 1. The molecule has 0 saturated carbocycles. The highest BCUT2D eigenvalue weighted by Gasteiger charge is 2.13. The molecule has 0 aromatic carbocycles. The van der Waals surface area contributed by atoms with Gasteiger partial charge < -0.3 is 4.98 Å². The monoisotopic (exact) mass is 223 g/mol. The van der Waals surface area contributed by atoms with Gasteiger partial charge in [0.1, 0.15) is 5.82 Å². The summed E-state index contributed by atoms with van der Waals surface area (Å²) >= 11 is 6.14. The van der Waals surface area contributed by atoms with Crippen molar-refractivity contribution >= 4 is 22.8 Å². The zero-order chi connectivity index (χ0) is 11.0. The largest absolute Gasteiger partial charge is 0.340 e. The van der Waals surface area contributed by atoms with Crippen molar-refractivity contribution in [1.82, 2.24) is 15.0 Å². The quantitative estimate of drug-likeness (QED) is 0.849. The van der Waals surface area contributed by atoms with Crippen molar-refractivity contribution in [3.63, 3.8) is 0 Å². The predicted molar refractivity (Wildman–Crippen MR) is 62.4 cm³/mol. The molecule has 0 atom stereocenters. The van der Waals surface area contributed by atoms with Crippen LogP contribution < -0.4 is 0 Å². The van der Waals surface area contributed by atoms with Crippen LogP contribution in [0.5, 0.6) is 0 Å². The van der Waals surface area contributed by atoms with Gasteiger partial charge in [-0.05, 0) is 5.92 Å². The van der Waals surface area contributed by atoms with E-state index in [0.717, 1.165) is 29.0 Å². The second-order valence-electron chi connectivity index (χ2n) is 3.91. The topological polar surface area (TPSA) is 41.6 Å². The van der Waals surface area contributed by atoms with E-state index in [0.29, 0.717) is 10.9 Å². The molecule has 2 aromatic rings. The van der Waals surface area contributed by atoms with E-state index in [1.807, 2.05) is 0 Å². The molecule has 0 spiro atoms. The average Bonchev–Trinajstić information content (AvgIpc) is 2.59. The first kappa shape index (κ1) is 10.4. The molecule has 0 bridgehead atoms. The molecule has 0 amide bonds. The molecule has 0 aliphatic rings. The number of nitrogens with one attached hydrogen (secondary N) is 1. The summed E-state index contributed by atoms with van der Waals surface area (Å²) in [6.07, 6.45) is 2.56. The van der Waals surface area contributed by atoms with Crippen molar-refractivity contribution in [2.45, 2.75) is 33.1 Å². The van der Waals surface area contributed by atoms with Gasteiger partial charge in [-0.15, -0.1) is 0 Å². The summed E-state index contributed by atoms with van der Waals surface area (Å²) in [6, 6.07) is 0. The van der Waals surface area contributed by atoms with Crippen molar-refractivity contribution in [2.75, 3.05) is 0 Å². The van der Waals surface area contributed by atoms with Crippen molar-refractivity contribution < 1.29 is 0 Å². The molecule has 0 aliphatic carbocycles. The Bertz CT molecular complexity index is 488. The number of nitrogens with zero attached hydrogens (tertiary/aromatic N) is 2. The van der Waals surface area contributed by atoms with E-state index in [2.05, 4.69) is 35.7 Å². The molecule has 4 heteroatoms. The minimum atomic E-state index is 0.369. The molecule has 15 heavy (non-hydrogen) atoms. The van der Waals surface area contributed by atoms with Crippen LogP contribution in [0.15, 0.2) is 6.20 Å². The maximum atomic E-state index is 6.14. The predicted octanol–water partition coefficient (Wildman–Crippen LogP) is 3.30. The zero-order valence-corrected chi connectivity index (χ0v) is 9.89. The maximum absolute atomic E-state index is 6.14. The second kappa shape index (κ2) is 3.81. The van der Waals surface area contributed by atoms with Crippen molar-refractivity contribution in [3.8, 4) is 0 Å². The van der Waals surface area contributed by atoms with Crippen LogP contribution in [-0.2, 0) is 6.42 Å². The van der Waals surface area contributed by atoms with Crippen molar-refractivity contribution in [1.29, 1.82) is 0 Å². The Morgan fingerprint density at radius 3 is 2.80 bits per heavy atom. The third-order valence-electron chi connectivity index (χ3n) is 2.47. The van der Waals surface area contributed by atoms with Crippen LogP contribution in [0, 0.1) is 0 Å². The average molecular weight is 224 g/mol. The molecule has 2 rings (SSSR count). The van der Waals surface area contributed by atoms with E-state index < -0.39 is 0 Å². The van der Waals surface area contributed by atoms with Gasteiger partial charge in [0.05, 0.1) is 10.5 Å². The van der Waals surface area contributed by atoms with Crippen LogP contribution in [0.1, 0.15) is 38.1 Å². The standard InChI is InChI=1S/C11H14ClN3/c1-4-8-14-10-9(6(2)3)7(12)5-13-11(10)15-8/h5-6H,4H2,1-3H3,(H,13,14,15). The van der Waals surface area contributed by atoms with E-state index in [9.17, 15) is 0 Å². The first-order chi connectivity index (χ1) is 7.13. The molecule has 0 aliphatic heterocycles. The number of pyridine rings is 1. The van der Waals surface area contributed by atoms with E-state index in [1.54, 1.807) is 6.20 Å². The normalized spacial score (nSPS) is 11.5. The summed E-state index contributed by atoms with van der Waals surface area (Å²) in [5.74, 6) is 1.33. The Balaban J connectivity index is 2.74. The molecule has 2 heterocycles. The summed E-state index contributed by atoms with van der Waals surface area (Å²) in [7, 11) is 0. The van der Waals surface area contributed by atoms with Crippen LogP contribution in [0.4, 0.5) is 0 Å². The third-order valence-corrected chi connectivity index (χ3v) is 2.77. The minimum absolute atomic E-state index is 0.369. The molecule has 1 N–H and O–H groups in total. The van der Waals surface area contributed by atoms with E-state index in [-0.39, 0.29) is 0 Å².